The van der Waals surface area contributed by atoms with E-state index in [9.17, 15) is 8.42 Å². The minimum absolute atomic E-state index is 0.157. The number of para-hydroxylation sites is 1. The SMILES string of the molecule is CN(Cc1cnn(-c2ccccc2)c1)S(=O)(=O)c1ccc(C#N)cc1. The molecule has 126 valence electrons. The van der Waals surface area contributed by atoms with Crippen LogP contribution in [0.25, 0.3) is 5.69 Å². The number of rotatable bonds is 5. The third kappa shape index (κ3) is 3.60. The molecule has 0 saturated carbocycles. The van der Waals surface area contributed by atoms with Crippen LogP contribution in [0.3, 0.4) is 0 Å². The van der Waals surface area contributed by atoms with E-state index in [0.29, 0.717) is 5.56 Å². The molecule has 7 heteroatoms. The summed E-state index contributed by atoms with van der Waals surface area (Å²) in [5, 5.41) is 13.1. The van der Waals surface area contributed by atoms with Crippen LogP contribution >= 0.6 is 0 Å². The van der Waals surface area contributed by atoms with E-state index in [4.69, 9.17) is 5.26 Å². The monoisotopic (exact) mass is 352 g/mol. The fraction of sp³-hybridized carbons (Fsp3) is 0.111. The molecule has 2 aromatic carbocycles. The van der Waals surface area contributed by atoms with Gasteiger partial charge in [-0.1, -0.05) is 18.2 Å². The second-order valence-electron chi connectivity index (χ2n) is 5.53. The van der Waals surface area contributed by atoms with Gasteiger partial charge in [-0.3, -0.25) is 0 Å². The maximum absolute atomic E-state index is 12.6. The second-order valence-corrected chi connectivity index (χ2v) is 7.57. The van der Waals surface area contributed by atoms with Gasteiger partial charge in [-0.2, -0.15) is 14.7 Å². The molecule has 0 atom stereocenters. The lowest BCUT2D eigenvalue weighted by Crippen LogP contribution is -2.26. The van der Waals surface area contributed by atoms with Gasteiger partial charge in [-0.25, -0.2) is 13.1 Å². The van der Waals surface area contributed by atoms with Crippen molar-refractivity contribution in [1.29, 1.82) is 5.26 Å². The van der Waals surface area contributed by atoms with Gasteiger partial charge in [0.05, 0.1) is 28.4 Å². The molecule has 3 rings (SSSR count). The first-order valence-electron chi connectivity index (χ1n) is 7.56. The molecular formula is C18H16N4O2S. The lowest BCUT2D eigenvalue weighted by molar-refractivity contribution is 0.466. The van der Waals surface area contributed by atoms with Crippen LogP contribution in [-0.4, -0.2) is 29.6 Å². The van der Waals surface area contributed by atoms with Crippen LogP contribution in [0.5, 0.6) is 0 Å². The molecule has 0 spiro atoms. The van der Waals surface area contributed by atoms with Crippen molar-refractivity contribution in [3.05, 3.63) is 78.1 Å². The number of nitriles is 1. The Morgan fingerprint density at radius 2 is 1.80 bits per heavy atom. The second kappa shape index (κ2) is 6.89. The Hall–Kier alpha value is -2.95. The number of sulfonamides is 1. The fourth-order valence-electron chi connectivity index (χ4n) is 2.39. The van der Waals surface area contributed by atoms with Gasteiger partial charge in [0.25, 0.3) is 0 Å². The smallest absolute Gasteiger partial charge is 0.241 e. The average Bonchev–Trinajstić information content (AvgIpc) is 3.11. The van der Waals surface area contributed by atoms with E-state index in [0.717, 1.165) is 11.3 Å². The average molecular weight is 352 g/mol. The summed E-state index contributed by atoms with van der Waals surface area (Å²) in [7, 11) is -2.11. The van der Waals surface area contributed by atoms with E-state index >= 15 is 0 Å². The van der Waals surface area contributed by atoms with Crippen molar-refractivity contribution < 1.29 is 8.42 Å². The van der Waals surface area contributed by atoms with Crippen LogP contribution in [0, 0.1) is 11.3 Å². The molecule has 0 amide bonds. The number of nitrogens with zero attached hydrogens (tertiary/aromatic N) is 4. The third-order valence-electron chi connectivity index (χ3n) is 3.75. The molecule has 25 heavy (non-hydrogen) atoms. The van der Waals surface area contributed by atoms with Crippen molar-refractivity contribution in [3.63, 3.8) is 0 Å². The maximum atomic E-state index is 12.6. The highest BCUT2D eigenvalue weighted by atomic mass is 32.2. The van der Waals surface area contributed by atoms with E-state index < -0.39 is 10.0 Å². The van der Waals surface area contributed by atoms with E-state index in [-0.39, 0.29) is 11.4 Å². The number of aromatic nitrogens is 2. The molecule has 0 bridgehead atoms. The van der Waals surface area contributed by atoms with Gasteiger partial charge in [0, 0.05) is 25.4 Å². The van der Waals surface area contributed by atoms with Gasteiger partial charge in [0.15, 0.2) is 0 Å². The summed E-state index contributed by atoms with van der Waals surface area (Å²) in [6.07, 6.45) is 3.46. The Morgan fingerprint density at radius 1 is 1.12 bits per heavy atom. The van der Waals surface area contributed by atoms with Gasteiger partial charge in [-0.05, 0) is 36.4 Å². The van der Waals surface area contributed by atoms with Crippen molar-refractivity contribution in [3.8, 4) is 11.8 Å². The summed E-state index contributed by atoms with van der Waals surface area (Å²) in [4.78, 5) is 0.157. The highest BCUT2D eigenvalue weighted by Gasteiger charge is 2.21. The molecule has 0 fully saturated rings. The molecule has 0 unspecified atom stereocenters. The third-order valence-corrected chi connectivity index (χ3v) is 5.57. The largest absolute Gasteiger partial charge is 0.243 e. The summed E-state index contributed by atoms with van der Waals surface area (Å²) < 4.78 is 28.2. The topological polar surface area (TPSA) is 79.0 Å². The van der Waals surface area contributed by atoms with Gasteiger partial charge in [-0.15, -0.1) is 0 Å². The summed E-state index contributed by atoms with van der Waals surface area (Å²) in [5.74, 6) is 0. The van der Waals surface area contributed by atoms with Crippen LogP contribution in [0.4, 0.5) is 0 Å². The molecule has 0 aliphatic carbocycles. The van der Waals surface area contributed by atoms with Crippen molar-refractivity contribution in [1.82, 2.24) is 14.1 Å². The summed E-state index contributed by atoms with van der Waals surface area (Å²) in [6, 6.07) is 17.4. The van der Waals surface area contributed by atoms with Crippen LogP contribution in [0.2, 0.25) is 0 Å². The molecule has 0 N–H and O–H groups in total. The first kappa shape index (κ1) is 16.9. The minimum Gasteiger partial charge on any atom is -0.241 e. The van der Waals surface area contributed by atoms with Gasteiger partial charge in [0.2, 0.25) is 10.0 Å². The van der Waals surface area contributed by atoms with E-state index in [1.165, 1.54) is 35.6 Å². The molecule has 0 radical (unpaired) electrons. The molecule has 0 saturated heterocycles. The van der Waals surface area contributed by atoms with Crippen LogP contribution in [-0.2, 0) is 16.6 Å². The van der Waals surface area contributed by atoms with E-state index in [1.54, 1.807) is 17.1 Å². The van der Waals surface area contributed by atoms with Crippen molar-refractivity contribution >= 4 is 10.0 Å². The van der Waals surface area contributed by atoms with E-state index in [2.05, 4.69) is 5.10 Å². The summed E-state index contributed by atoms with van der Waals surface area (Å²) in [6.45, 7) is 0.204. The Labute approximate surface area is 146 Å². The lowest BCUT2D eigenvalue weighted by atomic mass is 10.2. The normalized spacial score (nSPS) is 11.4. The zero-order valence-electron chi connectivity index (χ0n) is 13.6. The molecular weight excluding hydrogens is 336 g/mol. The Morgan fingerprint density at radius 3 is 2.44 bits per heavy atom. The highest BCUT2D eigenvalue weighted by Crippen LogP contribution is 2.18. The highest BCUT2D eigenvalue weighted by molar-refractivity contribution is 7.89. The summed E-state index contributed by atoms with van der Waals surface area (Å²) in [5.41, 5.74) is 2.11. The lowest BCUT2D eigenvalue weighted by Gasteiger charge is -2.16. The maximum Gasteiger partial charge on any atom is 0.243 e. The molecule has 0 aliphatic rings. The first-order chi connectivity index (χ1) is 12.0. The van der Waals surface area contributed by atoms with Gasteiger partial charge in [0.1, 0.15) is 0 Å². The predicted octanol–water partition coefficient (Wildman–Crippen LogP) is 2.56. The fourth-order valence-corrected chi connectivity index (χ4v) is 3.55. The molecule has 0 aliphatic heterocycles. The van der Waals surface area contributed by atoms with Crippen molar-refractivity contribution in [2.24, 2.45) is 0 Å². The van der Waals surface area contributed by atoms with Crippen LogP contribution in [0.15, 0.2) is 71.9 Å². The Bertz CT molecular complexity index is 1000. The quantitative estimate of drug-likeness (QED) is 0.707. The van der Waals surface area contributed by atoms with Crippen LogP contribution < -0.4 is 0 Å². The number of hydrogen-bond donors (Lipinski definition) is 0. The Balaban J connectivity index is 1.78. The van der Waals surface area contributed by atoms with Gasteiger partial charge < -0.3 is 0 Å². The minimum atomic E-state index is -3.63. The number of hydrogen-bond acceptors (Lipinski definition) is 4. The van der Waals surface area contributed by atoms with E-state index in [1.807, 2.05) is 36.4 Å². The molecule has 6 nitrogen and oxygen atoms in total. The Kier molecular flexibility index (Phi) is 4.65. The molecule has 1 heterocycles. The standard InChI is InChI=1S/C18H16N4O2S/c1-21(25(23,24)18-9-7-15(11-19)8-10-18)13-16-12-20-22(14-16)17-5-3-2-4-6-17/h2-10,12,14H,13H2,1H3. The van der Waals surface area contributed by atoms with Crippen molar-refractivity contribution in [2.45, 2.75) is 11.4 Å². The predicted molar refractivity (Wildman–Crippen MR) is 93.4 cm³/mol. The molecule has 1 aromatic heterocycles. The first-order valence-corrected chi connectivity index (χ1v) is 9.00. The summed E-state index contributed by atoms with van der Waals surface area (Å²) >= 11 is 0. The van der Waals surface area contributed by atoms with Crippen LogP contribution in [0.1, 0.15) is 11.1 Å². The molecule has 3 aromatic rings. The number of benzene rings is 2. The van der Waals surface area contributed by atoms with Gasteiger partial charge >= 0.3 is 0 Å². The zero-order chi connectivity index (χ0) is 17.9. The zero-order valence-corrected chi connectivity index (χ0v) is 14.4. The van der Waals surface area contributed by atoms with Crippen molar-refractivity contribution in [2.75, 3.05) is 7.05 Å².